The van der Waals surface area contributed by atoms with Gasteiger partial charge in [0.2, 0.25) is 0 Å². The number of ether oxygens (including phenoxy) is 1. The largest absolute Gasteiger partial charge is 0.385 e. The smallest absolute Gasteiger partial charge is 0.191 e. The standard InChI is InChI=1S/C21H31N5O.HI/c1-22-20(24-17-21(12-13-27-2)10-6-7-11-21)23-14-18-15-25-26(16-18)19-8-4-3-5-9-19;/h3-5,8-9,15-16H,6-7,10-14,17H2,1-2H3,(H2,22,23,24);1H. The highest BCUT2D eigenvalue weighted by Crippen LogP contribution is 2.40. The molecule has 28 heavy (non-hydrogen) atoms. The summed E-state index contributed by atoms with van der Waals surface area (Å²) in [5.41, 5.74) is 2.52. The zero-order valence-electron chi connectivity index (χ0n) is 16.9. The summed E-state index contributed by atoms with van der Waals surface area (Å²) in [7, 11) is 3.60. The Bertz CT molecular complexity index is 725. The molecule has 0 spiro atoms. The second-order valence-electron chi connectivity index (χ2n) is 7.36. The van der Waals surface area contributed by atoms with Crippen molar-refractivity contribution in [1.82, 2.24) is 20.4 Å². The van der Waals surface area contributed by atoms with Crippen molar-refractivity contribution in [2.75, 3.05) is 27.3 Å². The van der Waals surface area contributed by atoms with E-state index in [0.717, 1.165) is 36.8 Å². The summed E-state index contributed by atoms with van der Waals surface area (Å²) < 4.78 is 7.22. The Hall–Kier alpha value is -1.61. The predicted molar refractivity (Wildman–Crippen MR) is 125 cm³/mol. The zero-order valence-corrected chi connectivity index (χ0v) is 19.2. The number of aliphatic imine (C=N–C) groups is 1. The number of benzene rings is 1. The molecule has 1 aliphatic carbocycles. The van der Waals surface area contributed by atoms with Crippen molar-refractivity contribution in [3.8, 4) is 5.69 Å². The van der Waals surface area contributed by atoms with Gasteiger partial charge in [0.25, 0.3) is 0 Å². The van der Waals surface area contributed by atoms with Crippen molar-refractivity contribution in [2.45, 2.75) is 38.6 Å². The van der Waals surface area contributed by atoms with Crippen molar-refractivity contribution in [1.29, 1.82) is 0 Å². The van der Waals surface area contributed by atoms with E-state index in [1.54, 1.807) is 7.11 Å². The van der Waals surface area contributed by atoms with E-state index in [4.69, 9.17) is 4.74 Å². The number of rotatable bonds is 8. The molecular formula is C21H32IN5O. The van der Waals surface area contributed by atoms with Crippen LogP contribution < -0.4 is 10.6 Å². The fourth-order valence-corrected chi connectivity index (χ4v) is 3.81. The molecule has 1 aliphatic rings. The van der Waals surface area contributed by atoms with Gasteiger partial charge in [0.05, 0.1) is 11.9 Å². The first-order valence-corrected chi connectivity index (χ1v) is 9.77. The molecule has 0 bridgehead atoms. The maximum absolute atomic E-state index is 5.32. The lowest BCUT2D eigenvalue weighted by atomic mass is 9.83. The average Bonchev–Trinajstić information content (AvgIpc) is 3.37. The van der Waals surface area contributed by atoms with Gasteiger partial charge in [0.1, 0.15) is 0 Å². The van der Waals surface area contributed by atoms with Crippen LogP contribution in [0.5, 0.6) is 0 Å². The normalized spacial score (nSPS) is 15.9. The molecule has 1 saturated carbocycles. The molecule has 0 unspecified atom stereocenters. The summed E-state index contributed by atoms with van der Waals surface area (Å²) in [5, 5.41) is 11.4. The first-order chi connectivity index (χ1) is 13.2. The first-order valence-electron chi connectivity index (χ1n) is 9.77. The van der Waals surface area contributed by atoms with Gasteiger partial charge < -0.3 is 15.4 Å². The van der Waals surface area contributed by atoms with Crippen LogP contribution in [0, 0.1) is 5.41 Å². The van der Waals surface area contributed by atoms with Gasteiger partial charge in [-0.25, -0.2) is 4.68 Å². The molecule has 2 aromatic rings. The second kappa shape index (κ2) is 11.4. The van der Waals surface area contributed by atoms with Crippen LogP contribution in [0.25, 0.3) is 5.69 Å². The van der Waals surface area contributed by atoms with E-state index in [9.17, 15) is 0 Å². The quantitative estimate of drug-likeness (QED) is 0.331. The van der Waals surface area contributed by atoms with E-state index in [1.807, 2.05) is 54.5 Å². The van der Waals surface area contributed by atoms with E-state index in [1.165, 1.54) is 25.7 Å². The Morgan fingerprint density at radius 2 is 1.96 bits per heavy atom. The van der Waals surface area contributed by atoms with Gasteiger partial charge in [0.15, 0.2) is 5.96 Å². The van der Waals surface area contributed by atoms with Crippen molar-refractivity contribution >= 4 is 29.9 Å². The zero-order chi connectivity index (χ0) is 19.0. The molecule has 2 N–H and O–H groups in total. The number of guanidine groups is 1. The number of nitrogens with one attached hydrogen (secondary N) is 2. The van der Waals surface area contributed by atoms with Crippen LogP contribution in [0.3, 0.4) is 0 Å². The minimum atomic E-state index is 0. The average molecular weight is 497 g/mol. The molecular weight excluding hydrogens is 465 g/mol. The molecule has 0 saturated heterocycles. The van der Waals surface area contributed by atoms with Crippen LogP contribution in [0.4, 0.5) is 0 Å². The molecule has 0 aliphatic heterocycles. The topological polar surface area (TPSA) is 63.5 Å². The number of nitrogens with zero attached hydrogens (tertiary/aromatic N) is 3. The van der Waals surface area contributed by atoms with Crippen molar-refractivity contribution < 1.29 is 4.74 Å². The number of aromatic nitrogens is 2. The Kier molecular flexibility index (Phi) is 9.24. The van der Waals surface area contributed by atoms with Crippen molar-refractivity contribution in [2.24, 2.45) is 10.4 Å². The van der Waals surface area contributed by atoms with Crippen molar-refractivity contribution in [3.63, 3.8) is 0 Å². The molecule has 3 rings (SSSR count). The first kappa shape index (κ1) is 22.7. The molecule has 1 fully saturated rings. The van der Waals surface area contributed by atoms with Crippen LogP contribution >= 0.6 is 24.0 Å². The molecule has 1 aromatic carbocycles. The summed E-state index contributed by atoms with van der Waals surface area (Å²) in [6.07, 6.45) is 10.2. The van der Waals surface area contributed by atoms with Gasteiger partial charge >= 0.3 is 0 Å². The lowest BCUT2D eigenvalue weighted by Gasteiger charge is -2.29. The third-order valence-electron chi connectivity index (χ3n) is 5.47. The van der Waals surface area contributed by atoms with Crippen LogP contribution in [0.2, 0.25) is 0 Å². The summed E-state index contributed by atoms with van der Waals surface area (Å²) >= 11 is 0. The van der Waals surface area contributed by atoms with E-state index < -0.39 is 0 Å². The van der Waals surface area contributed by atoms with Gasteiger partial charge in [-0.1, -0.05) is 31.0 Å². The van der Waals surface area contributed by atoms with Gasteiger partial charge in [-0.15, -0.1) is 24.0 Å². The fraction of sp³-hybridized carbons (Fsp3) is 0.524. The molecule has 0 atom stereocenters. The molecule has 1 aromatic heterocycles. The summed E-state index contributed by atoms with van der Waals surface area (Å²) in [5.74, 6) is 0.839. The highest BCUT2D eigenvalue weighted by atomic mass is 127. The molecule has 0 amide bonds. The maximum Gasteiger partial charge on any atom is 0.191 e. The van der Waals surface area contributed by atoms with Gasteiger partial charge in [-0.05, 0) is 36.8 Å². The third kappa shape index (κ3) is 6.20. The van der Waals surface area contributed by atoms with E-state index in [2.05, 4.69) is 20.7 Å². The Balaban J connectivity index is 0.00000280. The molecule has 154 valence electrons. The van der Waals surface area contributed by atoms with Crippen LogP contribution in [0.1, 0.15) is 37.7 Å². The highest BCUT2D eigenvalue weighted by Gasteiger charge is 2.33. The summed E-state index contributed by atoms with van der Waals surface area (Å²) in [4.78, 5) is 4.38. The Morgan fingerprint density at radius 1 is 1.21 bits per heavy atom. The van der Waals surface area contributed by atoms with Crippen LogP contribution in [-0.2, 0) is 11.3 Å². The monoisotopic (exact) mass is 497 g/mol. The van der Waals surface area contributed by atoms with Gasteiger partial charge in [-0.2, -0.15) is 5.10 Å². The molecule has 7 heteroatoms. The lowest BCUT2D eigenvalue weighted by molar-refractivity contribution is 0.138. The van der Waals surface area contributed by atoms with Crippen molar-refractivity contribution in [3.05, 3.63) is 48.3 Å². The molecule has 6 nitrogen and oxygen atoms in total. The highest BCUT2D eigenvalue weighted by molar-refractivity contribution is 14.0. The van der Waals surface area contributed by atoms with Gasteiger partial charge in [-0.3, -0.25) is 4.99 Å². The number of para-hydroxylation sites is 1. The number of halogens is 1. The van der Waals surface area contributed by atoms with Crippen LogP contribution in [-0.4, -0.2) is 43.0 Å². The molecule has 1 heterocycles. The van der Waals surface area contributed by atoms with Gasteiger partial charge in [0, 0.05) is 45.6 Å². The van der Waals surface area contributed by atoms with E-state index >= 15 is 0 Å². The minimum Gasteiger partial charge on any atom is -0.385 e. The molecule has 0 radical (unpaired) electrons. The lowest BCUT2D eigenvalue weighted by Crippen LogP contribution is -2.43. The maximum atomic E-state index is 5.32. The second-order valence-corrected chi connectivity index (χ2v) is 7.36. The SMILES string of the molecule is CN=C(NCc1cnn(-c2ccccc2)c1)NCC1(CCOC)CCCC1.I. The van der Waals surface area contributed by atoms with E-state index in [0.29, 0.717) is 12.0 Å². The summed E-state index contributed by atoms with van der Waals surface area (Å²) in [6, 6.07) is 10.1. The fourth-order valence-electron chi connectivity index (χ4n) is 3.81. The third-order valence-corrected chi connectivity index (χ3v) is 5.47. The number of hydrogen-bond acceptors (Lipinski definition) is 3. The summed E-state index contributed by atoms with van der Waals surface area (Å²) in [6.45, 7) is 2.46. The minimum absolute atomic E-state index is 0. The number of hydrogen-bond donors (Lipinski definition) is 2. The van der Waals surface area contributed by atoms with Crippen LogP contribution in [0.15, 0.2) is 47.7 Å². The number of methoxy groups -OCH3 is 1. The Morgan fingerprint density at radius 3 is 2.64 bits per heavy atom. The Labute approximate surface area is 185 Å². The van der Waals surface area contributed by atoms with E-state index in [-0.39, 0.29) is 24.0 Å². The predicted octanol–water partition coefficient (Wildman–Crippen LogP) is 3.75.